The van der Waals surface area contributed by atoms with Gasteiger partial charge in [-0.25, -0.2) is 9.97 Å². The largest absolute Gasteiger partial charge is 0.350 e. The molecule has 0 saturated carbocycles. The third-order valence-electron chi connectivity index (χ3n) is 4.12. The van der Waals surface area contributed by atoms with E-state index >= 15 is 0 Å². The Labute approximate surface area is 149 Å². The van der Waals surface area contributed by atoms with Gasteiger partial charge in [0.25, 0.3) is 5.69 Å². The molecule has 3 rings (SSSR count). The van der Waals surface area contributed by atoms with E-state index in [0.29, 0.717) is 28.6 Å². The average Bonchev–Trinajstić information content (AvgIpc) is 2.90. The molecule has 3 aromatic rings. The van der Waals surface area contributed by atoms with E-state index in [0.717, 1.165) is 16.8 Å². The van der Waals surface area contributed by atoms with Crippen LogP contribution < -0.4 is 5.32 Å². The molecule has 2 N–H and O–H groups in total. The van der Waals surface area contributed by atoms with Crippen LogP contribution in [0.2, 0.25) is 0 Å². The molecule has 0 radical (unpaired) electrons. The van der Waals surface area contributed by atoms with Crippen molar-refractivity contribution in [3.05, 3.63) is 63.1 Å². The maximum Gasteiger partial charge on any atom is 0.274 e. The molecule has 26 heavy (non-hydrogen) atoms. The molecule has 1 aromatic carbocycles. The molecular formula is C18H16N6O2. The van der Waals surface area contributed by atoms with Gasteiger partial charge in [0.15, 0.2) is 0 Å². The zero-order valence-corrected chi connectivity index (χ0v) is 14.5. The number of aromatic amines is 1. The van der Waals surface area contributed by atoms with Crippen LogP contribution >= 0.6 is 0 Å². The second kappa shape index (κ2) is 6.64. The number of benzene rings is 1. The molecule has 0 saturated heterocycles. The lowest BCUT2D eigenvalue weighted by Crippen LogP contribution is -2.00. The molecule has 0 amide bonds. The minimum Gasteiger partial charge on any atom is -0.350 e. The van der Waals surface area contributed by atoms with Crippen molar-refractivity contribution in [2.45, 2.75) is 20.8 Å². The summed E-state index contributed by atoms with van der Waals surface area (Å²) in [6.45, 7) is 5.42. The summed E-state index contributed by atoms with van der Waals surface area (Å²) in [6, 6.07) is 8.74. The fourth-order valence-electron chi connectivity index (χ4n) is 2.82. The number of hydrogen-bond donors (Lipinski definition) is 2. The summed E-state index contributed by atoms with van der Waals surface area (Å²) in [5, 5.41) is 23.2. The second-order valence-electron chi connectivity index (χ2n) is 5.89. The Balaban J connectivity index is 1.97. The first-order valence-electron chi connectivity index (χ1n) is 7.85. The van der Waals surface area contributed by atoms with E-state index in [2.05, 4.69) is 26.3 Å². The highest BCUT2D eigenvalue weighted by Gasteiger charge is 2.15. The molecule has 0 bridgehead atoms. The lowest BCUT2D eigenvalue weighted by Gasteiger charge is -2.08. The van der Waals surface area contributed by atoms with Crippen molar-refractivity contribution in [2.24, 2.45) is 0 Å². The minimum atomic E-state index is -0.423. The summed E-state index contributed by atoms with van der Waals surface area (Å²) >= 11 is 0. The number of nitro groups is 1. The maximum absolute atomic E-state index is 11.1. The Hall–Kier alpha value is -3.73. The number of H-pyrrole nitrogens is 1. The van der Waals surface area contributed by atoms with Crippen molar-refractivity contribution in [1.82, 2.24) is 15.0 Å². The van der Waals surface area contributed by atoms with Crippen molar-refractivity contribution >= 4 is 17.3 Å². The number of anilines is 2. The Bertz CT molecular complexity index is 1050. The number of nitrogens with one attached hydrogen (secondary N) is 2. The summed E-state index contributed by atoms with van der Waals surface area (Å²) < 4.78 is 0. The maximum atomic E-state index is 11.1. The van der Waals surface area contributed by atoms with Gasteiger partial charge in [0.2, 0.25) is 5.95 Å². The molecule has 0 unspecified atom stereocenters. The number of hydrogen-bond acceptors (Lipinski definition) is 6. The summed E-state index contributed by atoms with van der Waals surface area (Å²) in [5.41, 5.74) is 4.81. The molecular weight excluding hydrogens is 332 g/mol. The molecule has 0 aliphatic heterocycles. The predicted octanol–water partition coefficient (Wildman–Crippen LogP) is 3.92. The zero-order valence-electron chi connectivity index (χ0n) is 14.5. The molecule has 0 aliphatic rings. The van der Waals surface area contributed by atoms with Gasteiger partial charge in [0.1, 0.15) is 11.8 Å². The van der Waals surface area contributed by atoms with E-state index < -0.39 is 4.92 Å². The van der Waals surface area contributed by atoms with Crippen LogP contribution in [0.5, 0.6) is 0 Å². The molecule has 0 atom stereocenters. The molecule has 2 aromatic heterocycles. The number of nitro benzene ring substituents is 1. The van der Waals surface area contributed by atoms with Gasteiger partial charge in [0, 0.05) is 34.8 Å². The monoisotopic (exact) mass is 348 g/mol. The van der Waals surface area contributed by atoms with E-state index in [-0.39, 0.29) is 5.69 Å². The van der Waals surface area contributed by atoms with Crippen LogP contribution in [0.15, 0.2) is 30.5 Å². The van der Waals surface area contributed by atoms with Crippen molar-refractivity contribution in [3.8, 4) is 17.3 Å². The molecule has 0 aliphatic carbocycles. The fourth-order valence-corrected chi connectivity index (χ4v) is 2.82. The Morgan fingerprint density at radius 1 is 1.27 bits per heavy atom. The van der Waals surface area contributed by atoms with Crippen molar-refractivity contribution < 1.29 is 4.92 Å². The highest BCUT2D eigenvalue weighted by atomic mass is 16.6. The quantitative estimate of drug-likeness (QED) is 0.544. The van der Waals surface area contributed by atoms with E-state index in [9.17, 15) is 10.1 Å². The van der Waals surface area contributed by atoms with Crippen LogP contribution in [0.1, 0.15) is 22.5 Å². The van der Waals surface area contributed by atoms with E-state index in [4.69, 9.17) is 5.26 Å². The fraction of sp³-hybridized carbons (Fsp3) is 0.167. The van der Waals surface area contributed by atoms with Gasteiger partial charge in [-0.05, 0) is 38.5 Å². The topological polar surface area (TPSA) is 121 Å². The number of rotatable bonds is 4. The van der Waals surface area contributed by atoms with E-state index in [1.54, 1.807) is 31.3 Å². The van der Waals surface area contributed by atoms with Crippen LogP contribution in [0.25, 0.3) is 11.3 Å². The van der Waals surface area contributed by atoms with E-state index in [1.165, 1.54) is 6.07 Å². The van der Waals surface area contributed by atoms with Gasteiger partial charge < -0.3 is 10.3 Å². The Morgan fingerprint density at radius 2 is 2.04 bits per heavy atom. The zero-order chi connectivity index (χ0) is 18.8. The lowest BCUT2D eigenvalue weighted by atomic mass is 10.1. The van der Waals surface area contributed by atoms with Crippen LogP contribution in [-0.4, -0.2) is 19.9 Å². The Kier molecular flexibility index (Phi) is 4.37. The van der Waals surface area contributed by atoms with E-state index in [1.807, 2.05) is 13.8 Å². The molecule has 0 fully saturated rings. The summed E-state index contributed by atoms with van der Waals surface area (Å²) in [7, 11) is 0. The van der Waals surface area contributed by atoms with Crippen LogP contribution in [0.3, 0.4) is 0 Å². The molecule has 0 spiro atoms. The highest BCUT2D eigenvalue weighted by Crippen LogP contribution is 2.29. The standard InChI is InChI=1S/C18H16N6O2/c1-10-4-5-13(8-16(10)24(25)26)22-18-20-7-6-14(23-18)17-11(2)15(9-19)21-12(17)3/h4-8,21H,1-3H3,(H,20,22,23). The number of aromatic nitrogens is 3. The normalized spacial score (nSPS) is 10.4. The van der Waals surface area contributed by atoms with Gasteiger partial charge >= 0.3 is 0 Å². The van der Waals surface area contributed by atoms with Crippen molar-refractivity contribution in [1.29, 1.82) is 5.26 Å². The third kappa shape index (κ3) is 3.10. The first kappa shape index (κ1) is 17.1. The smallest absolute Gasteiger partial charge is 0.274 e. The van der Waals surface area contributed by atoms with Crippen LogP contribution in [0, 0.1) is 42.2 Å². The predicted molar refractivity (Wildman–Crippen MR) is 97.1 cm³/mol. The van der Waals surface area contributed by atoms with Gasteiger partial charge in [-0.15, -0.1) is 0 Å². The molecule has 2 heterocycles. The highest BCUT2D eigenvalue weighted by molar-refractivity contribution is 5.70. The minimum absolute atomic E-state index is 0.0298. The van der Waals surface area contributed by atoms with Crippen molar-refractivity contribution in [3.63, 3.8) is 0 Å². The molecule has 8 nitrogen and oxygen atoms in total. The molecule has 130 valence electrons. The Morgan fingerprint density at radius 3 is 2.69 bits per heavy atom. The number of nitriles is 1. The van der Waals surface area contributed by atoms with Gasteiger partial charge in [-0.3, -0.25) is 10.1 Å². The number of nitrogens with zero attached hydrogens (tertiary/aromatic N) is 4. The summed E-state index contributed by atoms with van der Waals surface area (Å²) in [5.74, 6) is 0.319. The summed E-state index contributed by atoms with van der Waals surface area (Å²) in [6.07, 6.45) is 1.60. The first-order valence-corrected chi connectivity index (χ1v) is 7.85. The van der Waals surface area contributed by atoms with Crippen LogP contribution in [-0.2, 0) is 0 Å². The van der Waals surface area contributed by atoms with Gasteiger partial charge in [-0.2, -0.15) is 5.26 Å². The number of aryl methyl sites for hydroxylation is 2. The first-order chi connectivity index (χ1) is 12.4. The second-order valence-corrected chi connectivity index (χ2v) is 5.89. The summed E-state index contributed by atoms with van der Waals surface area (Å²) in [4.78, 5) is 22.4. The van der Waals surface area contributed by atoms with Gasteiger partial charge in [-0.1, -0.05) is 6.07 Å². The average molecular weight is 348 g/mol. The third-order valence-corrected chi connectivity index (χ3v) is 4.12. The van der Waals surface area contributed by atoms with Crippen molar-refractivity contribution in [2.75, 3.05) is 5.32 Å². The van der Waals surface area contributed by atoms with Gasteiger partial charge in [0.05, 0.1) is 10.6 Å². The SMILES string of the molecule is Cc1ccc(Nc2nccc(-c3c(C)[nH]c(C#N)c3C)n2)cc1[N+](=O)[O-]. The van der Waals surface area contributed by atoms with Crippen LogP contribution in [0.4, 0.5) is 17.3 Å². The molecule has 8 heteroatoms. The lowest BCUT2D eigenvalue weighted by molar-refractivity contribution is -0.385.